The highest BCUT2D eigenvalue weighted by molar-refractivity contribution is 5.73. The molecule has 1 aliphatic carbocycles. The van der Waals surface area contributed by atoms with Crippen LogP contribution >= 0.6 is 0 Å². The maximum atomic E-state index is 11.2. The molecule has 0 spiro atoms. The molecule has 4 heteroatoms. The second-order valence-corrected chi connectivity index (χ2v) is 4.54. The normalized spacial score (nSPS) is 18.4. The maximum absolute atomic E-state index is 11.2. The van der Waals surface area contributed by atoms with Gasteiger partial charge in [-0.05, 0) is 19.3 Å². The van der Waals surface area contributed by atoms with Crippen LogP contribution in [0.2, 0.25) is 0 Å². The number of unbranched alkanes of at least 4 members (excludes halogenated alkanes) is 1. The molecule has 1 saturated carbocycles. The predicted molar refractivity (Wildman–Crippen MR) is 62.4 cm³/mol. The molecule has 0 aromatic rings. The summed E-state index contributed by atoms with van der Waals surface area (Å²) in [6.07, 6.45) is 5.99. The summed E-state index contributed by atoms with van der Waals surface area (Å²) in [4.78, 5) is 13.2. The van der Waals surface area contributed by atoms with Crippen molar-refractivity contribution < 1.29 is 15.0 Å². The van der Waals surface area contributed by atoms with E-state index in [0.717, 1.165) is 25.7 Å². The summed E-state index contributed by atoms with van der Waals surface area (Å²) < 4.78 is 0. The van der Waals surface area contributed by atoms with E-state index in [0.29, 0.717) is 19.0 Å². The molecule has 0 radical (unpaired) electrons. The quantitative estimate of drug-likeness (QED) is 0.662. The Morgan fingerprint density at radius 3 is 2.56 bits per heavy atom. The minimum absolute atomic E-state index is 0.0480. The Morgan fingerprint density at radius 1 is 1.50 bits per heavy atom. The largest absolute Gasteiger partial charge is 0.480 e. The van der Waals surface area contributed by atoms with Crippen molar-refractivity contribution in [1.29, 1.82) is 0 Å². The molecule has 0 aliphatic heterocycles. The fourth-order valence-electron chi connectivity index (χ4n) is 2.26. The van der Waals surface area contributed by atoms with Gasteiger partial charge in [0, 0.05) is 12.6 Å². The highest BCUT2D eigenvalue weighted by Crippen LogP contribution is 2.27. The molecule has 16 heavy (non-hydrogen) atoms. The van der Waals surface area contributed by atoms with E-state index in [2.05, 4.69) is 6.92 Å². The molecule has 0 saturated heterocycles. The van der Waals surface area contributed by atoms with Crippen molar-refractivity contribution in [2.45, 2.75) is 57.5 Å². The molecule has 0 heterocycles. The van der Waals surface area contributed by atoms with Crippen molar-refractivity contribution in [3.05, 3.63) is 0 Å². The van der Waals surface area contributed by atoms with Crippen LogP contribution in [0.3, 0.4) is 0 Å². The first-order chi connectivity index (χ1) is 7.70. The molecule has 1 aliphatic rings. The topological polar surface area (TPSA) is 60.8 Å². The fourth-order valence-corrected chi connectivity index (χ4v) is 2.26. The van der Waals surface area contributed by atoms with Gasteiger partial charge in [-0.25, -0.2) is 0 Å². The van der Waals surface area contributed by atoms with Gasteiger partial charge in [0.25, 0.3) is 0 Å². The van der Waals surface area contributed by atoms with Gasteiger partial charge in [0.05, 0.1) is 6.61 Å². The van der Waals surface area contributed by atoms with Crippen molar-refractivity contribution in [3.8, 4) is 0 Å². The number of aliphatic hydroxyl groups excluding tert-OH is 1. The van der Waals surface area contributed by atoms with E-state index in [1.807, 2.05) is 4.90 Å². The lowest BCUT2D eigenvalue weighted by molar-refractivity contribution is -0.145. The first-order valence-electron chi connectivity index (χ1n) is 6.30. The van der Waals surface area contributed by atoms with Crippen molar-refractivity contribution in [1.82, 2.24) is 4.90 Å². The zero-order chi connectivity index (χ0) is 12.0. The fraction of sp³-hybridized carbons (Fsp3) is 0.917. The number of hydrogen-bond acceptors (Lipinski definition) is 3. The second kappa shape index (κ2) is 6.86. The first-order valence-corrected chi connectivity index (χ1v) is 6.30. The molecule has 1 unspecified atom stereocenters. The minimum atomic E-state index is -0.742. The van der Waals surface area contributed by atoms with Crippen LogP contribution in [0.25, 0.3) is 0 Å². The van der Waals surface area contributed by atoms with Crippen LogP contribution in [-0.4, -0.2) is 46.3 Å². The monoisotopic (exact) mass is 229 g/mol. The Labute approximate surface area is 97.3 Å². The lowest BCUT2D eigenvalue weighted by Gasteiger charge is -2.40. The summed E-state index contributed by atoms with van der Waals surface area (Å²) in [6, 6.07) is -0.0255. The van der Waals surface area contributed by atoms with Crippen molar-refractivity contribution in [3.63, 3.8) is 0 Å². The second-order valence-electron chi connectivity index (χ2n) is 4.54. The highest BCUT2D eigenvalue weighted by atomic mass is 16.4. The first kappa shape index (κ1) is 13.5. The SMILES string of the molecule is CCCCC(C(=O)O)N(CCO)C1CCC1. The number of nitrogens with zero attached hydrogens (tertiary/aromatic N) is 1. The van der Waals surface area contributed by atoms with E-state index in [-0.39, 0.29) is 6.61 Å². The third-order valence-electron chi connectivity index (χ3n) is 3.42. The Morgan fingerprint density at radius 2 is 2.19 bits per heavy atom. The molecule has 2 N–H and O–H groups in total. The van der Waals surface area contributed by atoms with Gasteiger partial charge in [0.1, 0.15) is 6.04 Å². The molecular formula is C12H23NO3. The molecule has 0 bridgehead atoms. The van der Waals surface area contributed by atoms with Gasteiger partial charge in [-0.1, -0.05) is 26.2 Å². The Hall–Kier alpha value is -0.610. The average Bonchev–Trinajstić information content (AvgIpc) is 2.15. The summed E-state index contributed by atoms with van der Waals surface area (Å²) in [5.74, 6) is -0.742. The van der Waals surface area contributed by atoms with E-state index in [4.69, 9.17) is 5.11 Å². The summed E-state index contributed by atoms with van der Waals surface area (Å²) in [5, 5.41) is 18.3. The van der Waals surface area contributed by atoms with Crippen LogP contribution in [0, 0.1) is 0 Å². The third kappa shape index (κ3) is 3.46. The number of aliphatic hydroxyl groups is 1. The summed E-state index contributed by atoms with van der Waals surface area (Å²) in [6.45, 7) is 2.61. The van der Waals surface area contributed by atoms with E-state index in [1.54, 1.807) is 0 Å². The van der Waals surface area contributed by atoms with Crippen LogP contribution < -0.4 is 0 Å². The molecule has 94 valence electrons. The molecule has 0 amide bonds. The Kier molecular flexibility index (Phi) is 5.77. The van der Waals surface area contributed by atoms with Crippen molar-refractivity contribution in [2.24, 2.45) is 0 Å². The number of rotatable bonds is 8. The smallest absolute Gasteiger partial charge is 0.320 e. The van der Waals surface area contributed by atoms with Gasteiger partial charge in [-0.3, -0.25) is 9.69 Å². The lowest BCUT2D eigenvalue weighted by atomic mass is 9.89. The molecule has 1 fully saturated rings. The van der Waals surface area contributed by atoms with Gasteiger partial charge in [-0.2, -0.15) is 0 Å². The number of hydrogen-bond donors (Lipinski definition) is 2. The van der Waals surface area contributed by atoms with E-state index in [9.17, 15) is 9.90 Å². The van der Waals surface area contributed by atoms with Gasteiger partial charge >= 0.3 is 5.97 Å². The summed E-state index contributed by atoms with van der Waals surface area (Å²) in [7, 11) is 0. The van der Waals surface area contributed by atoms with Gasteiger partial charge in [0.15, 0.2) is 0 Å². The number of carboxylic acids is 1. The minimum Gasteiger partial charge on any atom is -0.480 e. The zero-order valence-corrected chi connectivity index (χ0v) is 10.1. The van der Waals surface area contributed by atoms with Crippen LogP contribution in [0.4, 0.5) is 0 Å². The molecule has 1 rings (SSSR count). The number of carboxylic acid groups (broad SMARTS) is 1. The highest BCUT2D eigenvalue weighted by Gasteiger charge is 2.33. The van der Waals surface area contributed by atoms with Gasteiger partial charge in [-0.15, -0.1) is 0 Å². The summed E-state index contributed by atoms with van der Waals surface area (Å²) in [5.41, 5.74) is 0. The van der Waals surface area contributed by atoms with E-state index >= 15 is 0 Å². The van der Waals surface area contributed by atoms with Gasteiger partial charge in [0.2, 0.25) is 0 Å². The predicted octanol–water partition coefficient (Wildman–Crippen LogP) is 1.48. The van der Waals surface area contributed by atoms with Gasteiger partial charge < -0.3 is 10.2 Å². The zero-order valence-electron chi connectivity index (χ0n) is 10.1. The van der Waals surface area contributed by atoms with E-state index in [1.165, 1.54) is 6.42 Å². The van der Waals surface area contributed by atoms with Crippen LogP contribution in [0.15, 0.2) is 0 Å². The Balaban J connectivity index is 2.57. The molecule has 1 atom stereocenters. The van der Waals surface area contributed by atoms with Crippen LogP contribution in [-0.2, 0) is 4.79 Å². The van der Waals surface area contributed by atoms with Crippen LogP contribution in [0.1, 0.15) is 45.4 Å². The molecule has 4 nitrogen and oxygen atoms in total. The molecule has 0 aromatic carbocycles. The van der Waals surface area contributed by atoms with Crippen molar-refractivity contribution in [2.75, 3.05) is 13.2 Å². The van der Waals surface area contributed by atoms with Crippen LogP contribution in [0.5, 0.6) is 0 Å². The number of aliphatic carboxylic acids is 1. The lowest BCUT2D eigenvalue weighted by Crippen LogP contribution is -2.51. The standard InChI is InChI=1S/C12H23NO3/c1-2-3-7-11(12(15)16)13(8-9-14)10-5-4-6-10/h10-11,14H,2-9H2,1H3,(H,15,16). The third-order valence-corrected chi connectivity index (χ3v) is 3.42. The number of carbonyl (C=O) groups is 1. The Bertz CT molecular complexity index is 216. The van der Waals surface area contributed by atoms with Crippen molar-refractivity contribution >= 4 is 5.97 Å². The average molecular weight is 229 g/mol. The summed E-state index contributed by atoms with van der Waals surface area (Å²) >= 11 is 0. The maximum Gasteiger partial charge on any atom is 0.320 e. The molecular weight excluding hydrogens is 206 g/mol. The molecule has 0 aromatic heterocycles. The van der Waals surface area contributed by atoms with E-state index < -0.39 is 12.0 Å².